The molecule has 0 unspecified atom stereocenters. The van der Waals surface area contributed by atoms with E-state index >= 15 is 0 Å². The molecular formula is C23H23N7O2. The quantitative estimate of drug-likeness (QED) is 0.399. The molecular weight excluding hydrogens is 406 g/mol. The molecule has 2 heterocycles. The summed E-state index contributed by atoms with van der Waals surface area (Å²) in [5, 5.41) is 8.89. The Morgan fingerprint density at radius 3 is 2.22 bits per heavy atom. The Hall–Kier alpha value is -4.27. The largest absolute Gasteiger partial charge is 0.418 e. The van der Waals surface area contributed by atoms with Crippen LogP contribution in [-0.4, -0.2) is 25.8 Å². The third kappa shape index (κ3) is 4.89. The molecule has 0 atom stereocenters. The fourth-order valence-electron chi connectivity index (χ4n) is 3.33. The zero-order valence-electron chi connectivity index (χ0n) is 18.2. The van der Waals surface area contributed by atoms with Crippen molar-refractivity contribution in [1.82, 2.24) is 19.9 Å². The Kier molecular flexibility index (Phi) is 5.80. The van der Waals surface area contributed by atoms with Crippen LogP contribution in [0, 0.1) is 27.7 Å². The Bertz CT molecular complexity index is 1250. The summed E-state index contributed by atoms with van der Waals surface area (Å²) in [4.78, 5) is 29.6. The molecule has 0 spiro atoms. The van der Waals surface area contributed by atoms with Crippen LogP contribution in [0.5, 0.6) is 0 Å². The predicted molar refractivity (Wildman–Crippen MR) is 123 cm³/mol. The molecule has 9 heteroatoms. The SMILES string of the molecule is Cc1cc(C)c(NC(=O)c2cnc(Nc3nc(C)nc(Nc4ccccc4)n3)o2)c(C)c1. The highest BCUT2D eigenvalue weighted by Gasteiger charge is 2.16. The summed E-state index contributed by atoms with van der Waals surface area (Å²) in [6.45, 7) is 7.67. The van der Waals surface area contributed by atoms with Crippen LogP contribution >= 0.6 is 0 Å². The number of anilines is 5. The molecule has 4 rings (SSSR count). The van der Waals surface area contributed by atoms with E-state index in [1.54, 1.807) is 6.92 Å². The molecule has 3 N–H and O–H groups in total. The molecule has 0 fully saturated rings. The number of para-hydroxylation sites is 1. The third-order valence-electron chi connectivity index (χ3n) is 4.64. The maximum atomic E-state index is 12.7. The van der Waals surface area contributed by atoms with Crippen LogP contribution in [0.4, 0.5) is 29.3 Å². The van der Waals surface area contributed by atoms with Gasteiger partial charge < -0.3 is 15.1 Å². The molecule has 9 nitrogen and oxygen atoms in total. The lowest BCUT2D eigenvalue weighted by Crippen LogP contribution is -2.13. The second kappa shape index (κ2) is 8.84. The number of amides is 1. The lowest BCUT2D eigenvalue weighted by atomic mass is 10.1. The van der Waals surface area contributed by atoms with Gasteiger partial charge in [0.2, 0.25) is 17.7 Å². The molecule has 162 valence electrons. The minimum absolute atomic E-state index is 0.0697. The standard InChI is InChI=1S/C23H23N7O2/c1-13-10-14(2)19(15(3)11-13)28-20(31)18-12-24-23(32-18)30-22-26-16(4)25-21(29-22)27-17-8-6-5-7-9-17/h5-12H,1-4H3,(H,28,31)(H2,24,25,26,27,29,30). The first-order chi connectivity index (χ1) is 15.4. The van der Waals surface area contributed by atoms with Crippen LogP contribution in [0.25, 0.3) is 0 Å². The molecule has 2 aromatic carbocycles. The van der Waals surface area contributed by atoms with Crippen molar-refractivity contribution >= 4 is 35.2 Å². The number of aryl methyl sites for hydroxylation is 4. The van der Waals surface area contributed by atoms with Gasteiger partial charge in [-0.2, -0.15) is 15.0 Å². The van der Waals surface area contributed by atoms with Gasteiger partial charge in [0.1, 0.15) is 5.82 Å². The van der Waals surface area contributed by atoms with Crippen molar-refractivity contribution < 1.29 is 9.21 Å². The summed E-state index contributed by atoms with van der Waals surface area (Å²) >= 11 is 0. The zero-order chi connectivity index (χ0) is 22.7. The number of aromatic nitrogens is 4. The van der Waals surface area contributed by atoms with Gasteiger partial charge in [0.25, 0.3) is 5.91 Å². The van der Waals surface area contributed by atoms with Gasteiger partial charge in [0.15, 0.2) is 0 Å². The summed E-state index contributed by atoms with van der Waals surface area (Å²) < 4.78 is 5.57. The average molecular weight is 429 g/mol. The van der Waals surface area contributed by atoms with Gasteiger partial charge in [-0.15, -0.1) is 0 Å². The Morgan fingerprint density at radius 2 is 1.53 bits per heavy atom. The van der Waals surface area contributed by atoms with E-state index in [0.29, 0.717) is 11.8 Å². The second-order valence-electron chi connectivity index (χ2n) is 7.40. The number of hydrogen-bond donors (Lipinski definition) is 3. The lowest BCUT2D eigenvalue weighted by Gasteiger charge is -2.11. The van der Waals surface area contributed by atoms with Crippen molar-refractivity contribution in [2.24, 2.45) is 0 Å². The molecule has 32 heavy (non-hydrogen) atoms. The highest BCUT2D eigenvalue weighted by molar-refractivity contribution is 6.03. The maximum Gasteiger partial charge on any atom is 0.302 e. The number of carbonyl (C=O) groups excluding carboxylic acids is 1. The van der Waals surface area contributed by atoms with Crippen LogP contribution < -0.4 is 16.0 Å². The molecule has 0 radical (unpaired) electrons. The number of carbonyl (C=O) groups is 1. The van der Waals surface area contributed by atoms with Crippen LogP contribution in [0.1, 0.15) is 33.1 Å². The number of hydrogen-bond acceptors (Lipinski definition) is 8. The van der Waals surface area contributed by atoms with Crippen LogP contribution in [0.3, 0.4) is 0 Å². The average Bonchev–Trinajstić information content (AvgIpc) is 3.19. The van der Waals surface area contributed by atoms with Crippen molar-refractivity contribution in [3.8, 4) is 0 Å². The Balaban J connectivity index is 1.48. The fraction of sp³-hybridized carbons (Fsp3) is 0.174. The van der Waals surface area contributed by atoms with Crippen LogP contribution in [-0.2, 0) is 0 Å². The number of nitrogens with zero attached hydrogens (tertiary/aromatic N) is 4. The minimum atomic E-state index is -0.390. The molecule has 0 bridgehead atoms. The van der Waals surface area contributed by atoms with E-state index in [9.17, 15) is 4.79 Å². The van der Waals surface area contributed by atoms with Crippen molar-refractivity contribution in [2.45, 2.75) is 27.7 Å². The summed E-state index contributed by atoms with van der Waals surface area (Å²) in [6, 6.07) is 13.7. The van der Waals surface area contributed by atoms with Crippen molar-refractivity contribution in [3.63, 3.8) is 0 Å². The predicted octanol–water partition coefficient (Wildman–Crippen LogP) is 4.83. The van der Waals surface area contributed by atoms with Gasteiger partial charge in [-0.25, -0.2) is 4.98 Å². The molecule has 0 saturated carbocycles. The number of oxazole rings is 1. The minimum Gasteiger partial charge on any atom is -0.418 e. The normalized spacial score (nSPS) is 10.6. The van der Waals surface area contributed by atoms with Crippen molar-refractivity contribution in [2.75, 3.05) is 16.0 Å². The molecule has 0 saturated heterocycles. The third-order valence-corrected chi connectivity index (χ3v) is 4.64. The molecule has 0 aliphatic heterocycles. The molecule has 1 amide bonds. The summed E-state index contributed by atoms with van der Waals surface area (Å²) in [6.07, 6.45) is 1.35. The van der Waals surface area contributed by atoms with E-state index in [4.69, 9.17) is 4.42 Å². The second-order valence-corrected chi connectivity index (χ2v) is 7.40. The maximum absolute atomic E-state index is 12.7. The van der Waals surface area contributed by atoms with E-state index < -0.39 is 0 Å². The van der Waals surface area contributed by atoms with E-state index in [1.807, 2.05) is 63.2 Å². The van der Waals surface area contributed by atoms with Gasteiger partial charge >= 0.3 is 6.01 Å². The van der Waals surface area contributed by atoms with Gasteiger partial charge in [-0.1, -0.05) is 35.9 Å². The molecule has 0 aliphatic carbocycles. The van der Waals surface area contributed by atoms with Gasteiger partial charge in [0, 0.05) is 11.4 Å². The van der Waals surface area contributed by atoms with Gasteiger partial charge in [0.05, 0.1) is 6.20 Å². The van der Waals surface area contributed by atoms with E-state index in [-0.39, 0.29) is 23.6 Å². The summed E-state index contributed by atoms with van der Waals surface area (Å²) in [5.41, 5.74) is 4.70. The first-order valence-corrected chi connectivity index (χ1v) is 10.0. The Labute approximate surface area is 185 Å². The Morgan fingerprint density at radius 1 is 0.875 bits per heavy atom. The highest BCUT2D eigenvalue weighted by atomic mass is 16.4. The molecule has 0 aliphatic rings. The van der Waals surface area contributed by atoms with Crippen molar-refractivity contribution in [1.29, 1.82) is 0 Å². The first-order valence-electron chi connectivity index (χ1n) is 10.0. The number of nitrogens with one attached hydrogen (secondary N) is 3. The van der Waals surface area contributed by atoms with Gasteiger partial charge in [-0.05, 0) is 51.0 Å². The number of benzene rings is 2. The number of rotatable bonds is 6. The van der Waals surface area contributed by atoms with Crippen molar-refractivity contribution in [3.05, 3.63) is 76.9 Å². The van der Waals surface area contributed by atoms with E-state index in [1.165, 1.54) is 6.20 Å². The fourth-order valence-corrected chi connectivity index (χ4v) is 3.33. The summed E-state index contributed by atoms with van der Waals surface area (Å²) in [7, 11) is 0. The zero-order valence-corrected chi connectivity index (χ0v) is 18.2. The monoisotopic (exact) mass is 429 g/mol. The van der Waals surface area contributed by atoms with E-state index in [2.05, 4.69) is 35.9 Å². The van der Waals surface area contributed by atoms with E-state index in [0.717, 1.165) is 28.1 Å². The first kappa shape index (κ1) is 21.0. The van der Waals surface area contributed by atoms with Gasteiger partial charge in [-0.3, -0.25) is 10.1 Å². The summed E-state index contributed by atoms with van der Waals surface area (Å²) in [5.74, 6) is 0.811. The smallest absolute Gasteiger partial charge is 0.302 e. The lowest BCUT2D eigenvalue weighted by molar-refractivity contribution is 0.0997. The topological polar surface area (TPSA) is 118 Å². The molecule has 2 aromatic heterocycles. The van der Waals surface area contributed by atoms with Crippen LogP contribution in [0.15, 0.2) is 53.1 Å². The molecule has 4 aromatic rings. The van der Waals surface area contributed by atoms with Crippen LogP contribution in [0.2, 0.25) is 0 Å². The highest BCUT2D eigenvalue weighted by Crippen LogP contribution is 2.23.